The summed E-state index contributed by atoms with van der Waals surface area (Å²) in [6.45, 7) is 12.1. The highest BCUT2D eigenvalue weighted by Gasteiger charge is 2.17. The van der Waals surface area contributed by atoms with Gasteiger partial charge in [0.25, 0.3) is 0 Å². The van der Waals surface area contributed by atoms with Crippen LogP contribution in [0.3, 0.4) is 0 Å². The molecule has 2 N–H and O–H groups in total. The summed E-state index contributed by atoms with van der Waals surface area (Å²) in [4.78, 5) is 11.7. The Morgan fingerprint density at radius 2 is 1.80 bits per heavy atom. The maximum absolute atomic E-state index is 11.7. The minimum absolute atomic E-state index is 0.0523. The van der Waals surface area contributed by atoms with E-state index in [9.17, 15) is 4.79 Å². The Balaban J connectivity index is 3.90. The molecule has 0 saturated carbocycles. The Labute approximate surface area is 94.0 Å². The molecule has 0 aromatic carbocycles. The van der Waals surface area contributed by atoms with Gasteiger partial charge in [-0.3, -0.25) is 4.79 Å². The quantitative estimate of drug-likeness (QED) is 0.678. The third kappa shape index (κ3) is 5.78. The second-order valence-electron chi connectivity index (χ2n) is 4.39. The number of rotatable bonds is 7. The van der Waals surface area contributed by atoms with E-state index in [2.05, 4.69) is 31.4 Å². The van der Waals surface area contributed by atoms with Gasteiger partial charge < -0.3 is 10.6 Å². The second-order valence-corrected chi connectivity index (χ2v) is 4.39. The van der Waals surface area contributed by atoms with Gasteiger partial charge in [0.15, 0.2) is 0 Å². The molecule has 0 aromatic rings. The molecule has 1 amide bonds. The monoisotopic (exact) mass is 214 g/mol. The minimum atomic E-state index is 0.0523. The van der Waals surface area contributed by atoms with E-state index >= 15 is 0 Å². The highest BCUT2D eigenvalue weighted by Crippen LogP contribution is 2.07. The average molecular weight is 214 g/mol. The molecule has 3 nitrogen and oxygen atoms in total. The van der Waals surface area contributed by atoms with Gasteiger partial charge in [0, 0.05) is 18.5 Å². The van der Waals surface area contributed by atoms with Crippen molar-refractivity contribution in [1.82, 2.24) is 10.6 Å². The van der Waals surface area contributed by atoms with Crippen LogP contribution < -0.4 is 10.6 Å². The summed E-state index contributed by atoms with van der Waals surface area (Å²) in [7, 11) is 0. The first-order chi connectivity index (χ1) is 7.02. The van der Waals surface area contributed by atoms with E-state index in [1.807, 2.05) is 13.8 Å². The summed E-state index contributed by atoms with van der Waals surface area (Å²) in [6, 6.07) is 0.270. The van der Waals surface area contributed by atoms with E-state index in [-0.39, 0.29) is 17.9 Å². The van der Waals surface area contributed by atoms with E-state index in [1.165, 1.54) is 0 Å². The number of amides is 1. The molecule has 0 aliphatic rings. The average Bonchev–Trinajstić information content (AvgIpc) is 2.24. The summed E-state index contributed by atoms with van der Waals surface area (Å²) < 4.78 is 0. The predicted octanol–water partition coefficient (Wildman–Crippen LogP) is 1.78. The first-order valence-corrected chi connectivity index (χ1v) is 6.03. The van der Waals surface area contributed by atoms with E-state index < -0.39 is 0 Å². The van der Waals surface area contributed by atoms with E-state index in [4.69, 9.17) is 0 Å². The summed E-state index contributed by atoms with van der Waals surface area (Å²) >= 11 is 0. The fraction of sp³-hybridized carbons (Fsp3) is 0.917. The molecule has 0 spiro atoms. The van der Waals surface area contributed by atoms with Crippen LogP contribution >= 0.6 is 0 Å². The molecule has 0 aliphatic carbocycles. The van der Waals surface area contributed by atoms with Crippen LogP contribution in [0.15, 0.2) is 0 Å². The molecular weight excluding hydrogens is 188 g/mol. The molecule has 0 fully saturated rings. The molecule has 90 valence electrons. The summed E-state index contributed by atoms with van der Waals surface area (Å²) in [5, 5.41) is 6.24. The fourth-order valence-electron chi connectivity index (χ4n) is 1.32. The molecule has 0 radical (unpaired) electrons. The maximum Gasteiger partial charge on any atom is 0.224 e. The predicted molar refractivity (Wildman–Crippen MR) is 64.8 cm³/mol. The third-order valence-corrected chi connectivity index (χ3v) is 3.02. The lowest BCUT2D eigenvalue weighted by Gasteiger charge is -2.22. The van der Waals surface area contributed by atoms with Gasteiger partial charge in [0.05, 0.1) is 0 Å². The summed E-state index contributed by atoms with van der Waals surface area (Å²) in [5.41, 5.74) is 0. The number of carbonyl (C=O) groups is 1. The first kappa shape index (κ1) is 14.4. The zero-order valence-corrected chi connectivity index (χ0v) is 10.8. The van der Waals surface area contributed by atoms with E-state index in [0.29, 0.717) is 5.92 Å². The lowest BCUT2D eigenvalue weighted by Crippen LogP contribution is -2.42. The van der Waals surface area contributed by atoms with Crippen molar-refractivity contribution in [3.05, 3.63) is 0 Å². The van der Waals surface area contributed by atoms with Crippen LogP contribution in [0.5, 0.6) is 0 Å². The highest BCUT2D eigenvalue weighted by atomic mass is 16.1. The molecule has 0 rings (SSSR count). The Hall–Kier alpha value is -0.570. The van der Waals surface area contributed by atoms with Crippen molar-refractivity contribution in [3.63, 3.8) is 0 Å². The molecule has 15 heavy (non-hydrogen) atoms. The summed E-state index contributed by atoms with van der Waals surface area (Å²) in [6.07, 6.45) is 1.10. The Morgan fingerprint density at radius 3 is 2.27 bits per heavy atom. The summed E-state index contributed by atoms with van der Waals surface area (Å²) in [5.74, 6) is 0.750. The minimum Gasteiger partial charge on any atom is -0.353 e. The first-order valence-electron chi connectivity index (χ1n) is 6.03. The number of nitrogens with one attached hydrogen (secondary N) is 2. The molecule has 3 unspecified atom stereocenters. The van der Waals surface area contributed by atoms with Crippen LogP contribution in [0.1, 0.15) is 41.0 Å². The lowest BCUT2D eigenvalue weighted by atomic mass is 10.00. The molecule has 3 heteroatoms. The van der Waals surface area contributed by atoms with E-state index in [0.717, 1.165) is 19.5 Å². The van der Waals surface area contributed by atoms with Gasteiger partial charge in [-0.25, -0.2) is 0 Å². The van der Waals surface area contributed by atoms with Gasteiger partial charge in [-0.2, -0.15) is 0 Å². The Kier molecular flexibility index (Phi) is 7.39. The SMILES string of the molecule is CCNCC(C)C(=O)NC(C)C(C)CC. The highest BCUT2D eigenvalue weighted by molar-refractivity contribution is 5.78. The molecule has 0 bridgehead atoms. The van der Waals surface area contributed by atoms with Crippen molar-refractivity contribution >= 4 is 5.91 Å². The van der Waals surface area contributed by atoms with E-state index in [1.54, 1.807) is 0 Å². The zero-order valence-electron chi connectivity index (χ0n) is 10.8. The van der Waals surface area contributed by atoms with Crippen LogP contribution in [-0.2, 0) is 4.79 Å². The van der Waals surface area contributed by atoms with Crippen molar-refractivity contribution in [1.29, 1.82) is 0 Å². The van der Waals surface area contributed by atoms with Gasteiger partial charge in [0.1, 0.15) is 0 Å². The van der Waals surface area contributed by atoms with Crippen LogP contribution in [0.2, 0.25) is 0 Å². The smallest absolute Gasteiger partial charge is 0.224 e. The molecular formula is C12H26N2O. The third-order valence-electron chi connectivity index (χ3n) is 3.02. The standard InChI is InChI=1S/C12H26N2O/c1-6-9(3)11(5)14-12(15)10(4)8-13-7-2/h9-11,13H,6-8H2,1-5H3,(H,14,15). The van der Waals surface area contributed by atoms with Crippen molar-refractivity contribution in [2.45, 2.75) is 47.1 Å². The van der Waals surface area contributed by atoms with Crippen LogP contribution in [0.25, 0.3) is 0 Å². The van der Waals surface area contributed by atoms with Crippen LogP contribution in [0.4, 0.5) is 0 Å². The van der Waals surface area contributed by atoms with Crippen LogP contribution in [-0.4, -0.2) is 25.0 Å². The van der Waals surface area contributed by atoms with Gasteiger partial charge in [-0.1, -0.05) is 34.1 Å². The number of hydrogen-bond acceptors (Lipinski definition) is 2. The van der Waals surface area contributed by atoms with Gasteiger partial charge in [-0.15, -0.1) is 0 Å². The molecule has 0 heterocycles. The molecule has 0 saturated heterocycles. The normalized spacial score (nSPS) is 16.9. The lowest BCUT2D eigenvalue weighted by molar-refractivity contribution is -0.125. The van der Waals surface area contributed by atoms with Gasteiger partial charge in [-0.05, 0) is 19.4 Å². The van der Waals surface area contributed by atoms with Crippen molar-refractivity contribution in [2.24, 2.45) is 11.8 Å². The molecule has 0 aromatic heterocycles. The number of carbonyl (C=O) groups excluding carboxylic acids is 1. The fourth-order valence-corrected chi connectivity index (χ4v) is 1.32. The second kappa shape index (κ2) is 7.69. The van der Waals surface area contributed by atoms with Crippen molar-refractivity contribution in [3.8, 4) is 0 Å². The Bertz CT molecular complexity index is 182. The van der Waals surface area contributed by atoms with Crippen molar-refractivity contribution < 1.29 is 4.79 Å². The maximum atomic E-state index is 11.7. The van der Waals surface area contributed by atoms with Crippen molar-refractivity contribution in [2.75, 3.05) is 13.1 Å². The topological polar surface area (TPSA) is 41.1 Å². The zero-order chi connectivity index (χ0) is 11.8. The van der Waals surface area contributed by atoms with Gasteiger partial charge >= 0.3 is 0 Å². The molecule has 0 aliphatic heterocycles. The van der Waals surface area contributed by atoms with Gasteiger partial charge in [0.2, 0.25) is 5.91 Å². The number of hydrogen-bond donors (Lipinski definition) is 2. The molecule has 3 atom stereocenters. The Morgan fingerprint density at radius 1 is 1.20 bits per heavy atom. The van der Waals surface area contributed by atoms with Crippen LogP contribution in [0, 0.1) is 11.8 Å². The largest absolute Gasteiger partial charge is 0.353 e.